The molecule has 1 nitrogen and oxygen atoms in total. The van der Waals surface area contributed by atoms with E-state index < -0.39 is 0 Å². The fourth-order valence-electron chi connectivity index (χ4n) is 0.797. The van der Waals surface area contributed by atoms with Crippen molar-refractivity contribution in [2.24, 2.45) is 0 Å². The SMILES string of the molecule is C=CC.C=CC.CCC(C)N(C)C(C)C. The second kappa shape index (κ2) is 15.9. The maximum atomic E-state index is 3.36. The molecule has 1 heteroatoms. The van der Waals surface area contributed by atoms with Crippen molar-refractivity contribution in [3.05, 3.63) is 25.3 Å². The summed E-state index contributed by atoms with van der Waals surface area (Å²) < 4.78 is 0. The van der Waals surface area contributed by atoms with Gasteiger partial charge in [-0.1, -0.05) is 19.1 Å². The van der Waals surface area contributed by atoms with Crippen LogP contribution in [0.5, 0.6) is 0 Å². The van der Waals surface area contributed by atoms with Crippen LogP contribution in [0, 0.1) is 0 Å². The van der Waals surface area contributed by atoms with Gasteiger partial charge in [-0.25, -0.2) is 0 Å². The summed E-state index contributed by atoms with van der Waals surface area (Å²) >= 11 is 0. The zero-order valence-electron chi connectivity index (χ0n) is 11.9. The van der Waals surface area contributed by atoms with E-state index in [1.165, 1.54) is 6.42 Å². The summed E-state index contributed by atoms with van der Waals surface area (Å²) in [6, 6.07) is 1.41. The Morgan fingerprint density at radius 1 is 1.07 bits per heavy atom. The minimum atomic E-state index is 0.681. The summed E-state index contributed by atoms with van der Waals surface area (Å²) in [6.07, 6.45) is 4.74. The van der Waals surface area contributed by atoms with Crippen molar-refractivity contribution in [1.82, 2.24) is 4.90 Å². The van der Waals surface area contributed by atoms with E-state index in [0.29, 0.717) is 6.04 Å². The van der Waals surface area contributed by atoms with Crippen molar-refractivity contribution in [2.75, 3.05) is 7.05 Å². The minimum absolute atomic E-state index is 0.681. The molecule has 0 aromatic rings. The summed E-state index contributed by atoms with van der Waals surface area (Å²) in [7, 11) is 2.18. The van der Waals surface area contributed by atoms with Crippen LogP contribution in [-0.4, -0.2) is 24.0 Å². The summed E-state index contributed by atoms with van der Waals surface area (Å²) in [6.45, 7) is 19.4. The molecule has 0 radical (unpaired) electrons. The molecule has 0 aliphatic carbocycles. The highest BCUT2D eigenvalue weighted by atomic mass is 15.1. The lowest BCUT2D eigenvalue weighted by Gasteiger charge is -2.27. The van der Waals surface area contributed by atoms with Crippen LogP contribution >= 0.6 is 0 Å². The predicted octanol–water partition coefficient (Wildman–Crippen LogP) is 4.51. The Morgan fingerprint density at radius 2 is 1.33 bits per heavy atom. The maximum Gasteiger partial charge on any atom is 0.00639 e. The van der Waals surface area contributed by atoms with Gasteiger partial charge in [0.05, 0.1) is 0 Å². The van der Waals surface area contributed by atoms with Gasteiger partial charge in [0.15, 0.2) is 0 Å². The highest BCUT2D eigenvalue weighted by Crippen LogP contribution is 2.03. The van der Waals surface area contributed by atoms with Gasteiger partial charge in [-0.3, -0.25) is 0 Å². The summed E-state index contributed by atoms with van der Waals surface area (Å²) in [5.41, 5.74) is 0. The Bertz CT molecular complexity index is 121. The van der Waals surface area contributed by atoms with Gasteiger partial charge >= 0.3 is 0 Å². The Labute approximate surface area is 97.9 Å². The normalized spacial score (nSPS) is 10.7. The number of hydrogen-bond acceptors (Lipinski definition) is 1. The Morgan fingerprint density at radius 3 is 1.40 bits per heavy atom. The second-order valence-electron chi connectivity index (χ2n) is 3.83. The van der Waals surface area contributed by atoms with E-state index in [1.807, 2.05) is 13.8 Å². The van der Waals surface area contributed by atoms with E-state index in [0.717, 1.165) is 6.04 Å². The molecule has 0 heterocycles. The molecular weight excluding hydrogens is 182 g/mol. The smallest absolute Gasteiger partial charge is 0.00639 e. The molecule has 0 saturated carbocycles. The third-order valence-corrected chi connectivity index (χ3v) is 2.10. The van der Waals surface area contributed by atoms with Crippen molar-refractivity contribution in [1.29, 1.82) is 0 Å². The van der Waals surface area contributed by atoms with Crippen LogP contribution in [-0.2, 0) is 0 Å². The molecule has 1 unspecified atom stereocenters. The topological polar surface area (TPSA) is 3.24 Å². The first-order valence-corrected chi connectivity index (χ1v) is 5.78. The van der Waals surface area contributed by atoms with E-state index >= 15 is 0 Å². The lowest BCUT2D eigenvalue weighted by molar-refractivity contribution is 0.204. The first-order valence-electron chi connectivity index (χ1n) is 5.78. The number of allylic oxidation sites excluding steroid dienone is 2. The Hall–Kier alpha value is -0.560. The highest BCUT2D eigenvalue weighted by molar-refractivity contribution is 4.63. The van der Waals surface area contributed by atoms with Crippen LogP contribution in [0.25, 0.3) is 0 Å². The van der Waals surface area contributed by atoms with E-state index in [9.17, 15) is 0 Å². The van der Waals surface area contributed by atoms with E-state index in [1.54, 1.807) is 12.2 Å². The Balaban J connectivity index is -0.000000200. The van der Waals surface area contributed by atoms with Gasteiger partial charge in [0.25, 0.3) is 0 Å². The third kappa shape index (κ3) is 19.7. The van der Waals surface area contributed by atoms with Gasteiger partial charge in [0.1, 0.15) is 0 Å². The standard InChI is InChI=1S/C8H19N.2C3H6/c1-6-8(4)9(5)7(2)3;2*1-3-2/h7-8H,6H2,1-5H3;2*3H,1H2,2H3. The van der Waals surface area contributed by atoms with Crippen LogP contribution in [0.1, 0.15) is 48.0 Å². The third-order valence-electron chi connectivity index (χ3n) is 2.10. The zero-order chi connectivity index (χ0) is 12.9. The maximum absolute atomic E-state index is 3.36. The van der Waals surface area contributed by atoms with Crippen molar-refractivity contribution in [3.63, 3.8) is 0 Å². The van der Waals surface area contributed by atoms with E-state index in [2.05, 4.69) is 52.8 Å². The molecule has 0 N–H and O–H groups in total. The van der Waals surface area contributed by atoms with Gasteiger partial charge in [0.2, 0.25) is 0 Å². The van der Waals surface area contributed by atoms with Crippen molar-refractivity contribution < 1.29 is 0 Å². The van der Waals surface area contributed by atoms with Gasteiger partial charge in [-0.15, -0.1) is 13.2 Å². The van der Waals surface area contributed by atoms with Crippen molar-refractivity contribution in [2.45, 2.75) is 60.0 Å². The van der Waals surface area contributed by atoms with Crippen LogP contribution in [0.2, 0.25) is 0 Å². The van der Waals surface area contributed by atoms with Gasteiger partial charge in [-0.05, 0) is 48.1 Å². The molecule has 0 amide bonds. The van der Waals surface area contributed by atoms with E-state index in [4.69, 9.17) is 0 Å². The lowest BCUT2D eigenvalue weighted by Crippen LogP contribution is -2.34. The predicted molar refractivity (Wildman–Crippen MR) is 74.4 cm³/mol. The average molecular weight is 213 g/mol. The summed E-state index contributed by atoms with van der Waals surface area (Å²) in [5.74, 6) is 0. The molecule has 92 valence electrons. The molecule has 0 bridgehead atoms. The number of nitrogens with zero attached hydrogens (tertiary/aromatic N) is 1. The molecule has 0 spiro atoms. The van der Waals surface area contributed by atoms with Crippen molar-refractivity contribution >= 4 is 0 Å². The van der Waals surface area contributed by atoms with Crippen molar-refractivity contribution in [3.8, 4) is 0 Å². The summed E-state index contributed by atoms with van der Waals surface area (Å²) in [4.78, 5) is 2.39. The molecule has 0 fully saturated rings. The first-order chi connectivity index (χ1) is 6.92. The fourth-order valence-corrected chi connectivity index (χ4v) is 0.797. The van der Waals surface area contributed by atoms with Crippen LogP contribution in [0.4, 0.5) is 0 Å². The highest BCUT2D eigenvalue weighted by Gasteiger charge is 2.08. The molecule has 15 heavy (non-hydrogen) atoms. The van der Waals surface area contributed by atoms with Crippen LogP contribution < -0.4 is 0 Å². The molecule has 0 aliphatic heterocycles. The largest absolute Gasteiger partial charge is 0.301 e. The lowest BCUT2D eigenvalue weighted by atomic mass is 10.2. The van der Waals surface area contributed by atoms with Gasteiger partial charge in [0, 0.05) is 12.1 Å². The molecule has 0 saturated heterocycles. The van der Waals surface area contributed by atoms with Crippen LogP contribution in [0.3, 0.4) is 0 Å². The van der Waals surface area contributed by atoms with Gasteiger partial charge < -0.3 is 4.90 Å². The molecule has 1 atom stereocenters. The molecule has 0 aliphatic rings. The number of rotatable bonds is 3. The summed E-state index contributed by atoms with van der Waals surface area (Å²) in [5, 5.41) is 0. The molecule has 0 aromatic heterocycles. The Kier molecular flexibility index (Phi) is 21.1. The van der Waals surface area contributed by atoms with Gasteiger partial charge in [-0.2, -0.15) is 0 Å². The van der Waals surface area contributed by atoms with E-state index in [-0.39, 0.29) is 0 Å². The monoisotopic (exact) mass is 213 g/mol. The van der Waals surface area contributed by atoms with Crippen LogP contribution in [0.15, 0.2) is 25.3 Å². The quantitative estimate of drug-likeness (QED) is 0.623. The minimum Gasteiger partial charge on any atom is -0.301 e. The first kappa shape index (κ1) is 19.9. The molecule has 0 aromatic carbocycles. The average Bonchev–Trinajstić information content (AvgIpc) is 2.17. The molecular formula is C14H31N. The zero-order valence-corrected chi connectivity index (χ0v) is 11.9. The fraction of sp³-hybridized carbons (Fsp3) is 0.714. The number of hydrogen-bond donors (Lipinski definition) is 0. The second-order valence-corrected chi connectivity index (χ2v) is 3.83. The molecule has 0 rings (SSSR count).